The number of halogens is 1. The molecule has 6 nitrogen and oxygen atoms in total. The first-order chi connectivity index (χ1) is 9.16. The highest BCUT2D eigenvalue weighted by Gasteiger charge is 2.20. The number of primary sulfonamides is 1. The third-order valence-electron chi connectivity index (χ3n) is 2.58. The lowest BCUT2D eigenvalue weighted by molar-refractivity contribution is 0.0119. The van der Waals surface area contributed by atoms with Crippen molar-refractivity contribution in [2.45, 2.75) is 24.8 Å². The van der Waals surface area contributed by atoms with Gasteiger partial charge in [0.2, 0.25) is 10.0 Å². The lowest BCUT2D eigenvalue weighted by Crippen LogP contribution is -2.21. The molecule has 1 aromatic carbocycles. The molecule has 2 N–H and O–H groups in total. The molecular weight excluding hydrogens is 350 g/mol. The molecule has 0 spiro atoms. The molecule has 0 fully saturated rings. The molecule has 0 radical (unpaired) electrons. The van der Waals surface area contributed by atoms with E-state index in [0.29, 0.717) is 10.0 Å². The molecule has 1 rings (SSSR count). The summed E-state index contributed by atoms with van der Waals surface area (Å²) in [4.78, 5) is 11.9. The van der Waals surface area contributed by atoms with Crippen LogP contribution in [0.5, 0.6) is 0 Å². The van der Waals surface area contributed by atoms with Crippen LogP contribution in [0.15, 0.2) is 21.5 Å². The molecule has 0 aromatic heterocycles. The van der Waals surface area contributed by atoms with E-state index in [1.807, 2.05) is 0 Å². The van der Waals surface area contributed by atoms with Crippen LogP contribution < -0.4 is 5.14 Å². The summed E-state index contributed by atoms with van der Waals surface area (Å²) in [5.74, 6) is -0.627. The zero-order chi connectivity index (χ0) is 15.5. The maximum Gasteiger partial charge on any atom is 0.338 e. The van der Waals surface area contributed by atoms with Gasteiger partial charge in [-0.15, -0.1) is 0 Å². The molecule has 1 aromatic rings. The first-order valence-electron chi connectivity index (χ1n) is 5.69. The fourth-order valence-electron chi connectivity index (χ4n) is 1.55. The maximum absolute atomic E-state index is 12.0. The van der Waals surface area contributed by atoms with Crippen molar-refractivity contribution < 1.29 is 22.7 Å². The van der Waals surface area contributed by atoms with Crippen molar-refractivity contribution in [3.8, 4) is 0 Å². The van der Waals surface area contributed by atoms with Gasteiger partial charge in [0.25, 0.3) is 0 Å². The smallest absolute Gasteiger partial charge is 0.338 e. The summed E-state index contributed by atoms with van der Waals surface area (Å²) >= 11 is 3.20. The molecule has 1 atom stereocenters. The molecular formula is C12H16BrNO5S. The van der Waals surface area contributed by atoms with Gasteiger partial charge in [-0.1, -0.05) is 15.9 Å². The molecule has 0 saturated heterocycles. The van der Waals surface area contributed by atoms with Crippen LogP contribution in [0.1, 0.15) is 22.8 Å². The van der Waals surface area contributed by atoms with Crippen LogP contribution in [-0.2, 0) is 19.5 Å². The number of hydrogen-bond donors (Lipinski definition) is 1. The predicted octanol–water partition coefficient (Wildman–Crippen LogP) is 1.60. The van der Waals surface area contributed by atoms with Crippen molar-refractivity contribution in [1.29, 1.82) is 0 Å². The van der Waals surface area contributed by atoms with E-state index in [4.69, 9.17) is 14.6 Å². The molecule has 112 valence electrons. The van der Waals surface area contributed by atoms with Gasteiger partial charge in [-0.25, -0.2) is 18.4 Å². The van der Waals surface area contributed by atoms with Gasteiger partial charge in [-0.2, -0.15) is 0 Å². The van der Waals surface area contributed by atoms with Crippen molar-refractivity contribution in [2.75, 3.05) is 13.7 Å². The second-order valence-corrected chi connectivity index (χ2v) is 6.71. The second-order valence-electron chi connectivity index (χ2n) is 4.29. The van der Waals surface area contributed by atoms with Gasteiger partial charge in [0.05, 0.1) is 17.1 Å². The Hall–Kier alpha value is -0.960. The minimum absolute atomic E-state index is 0.145. The first kappa shape index (κ1) is 17.1. The zero-order valence-corrected chi connectivity index (χ0v) is 13.7. The largest absolute Gasteiger partial charge is 0.457 e. The maximum atomic E-state index is 12.0. The molecule has 1 unspecified atom stereocenters. The Morgan fingerprint density at radius 1 is 1.45 bits per heavy atom. The number of nitrogens with two attached hydrogens (primary N) is 1. The number of sulfonamides is 1. The van der Waals surface area contributed by atoms with Gasteiger partial charge in [-0.3, -0.25) is 0 Å². The zero-order valence-electron chi connectivity index (χ0n) is 11.3. The van der Waals surface area contributed by atoms with Gasteiger partial charge in [-0.05, 0) is 31.5 Å². The van der Waals surface area contributed by atoms with E-state index < -0.39 is 22.1 Å². The third kappa shape index (κ3) is 4.27. The van der Waals surface area contributed by atoms with Crippen LogP contribution in [0.3, 0.4) is 0 Å². The van der Waals surface area contributed by atoms with Gasteiger partial charge in [0, 0.05) is 11.6 Å². The van der Waals surface area contributed by atoms with E-state index in [9.17, 15) is 13.2 Å². The predicted molar refractivity (Wildman–Crippen MR) is 77.0 cm³/mol. The Morgan fingerprint density at radius 3 is 2.55 bits per heavy atom. The molecule has 0 aliphatic heterocycles. The Kier molecular flexibility index (Phi) is 5.69. The number of carbonyl (C=O) groups excluding carboxylic acids is 1. The van der Waals surface area contributed by atoms with E-state index in [0.717, 1.165) is 0 Å². The van der Waals surface area contributed by atoms with Crippen LogP contribution in [0.2, 0.25) is 0 Å². The van der Waals surface area contributed by atoms with Crippen molar-refractivity contribution >= 4 is 31.9 Å². The normalized spacial score (nSPS) is 13.1. The monoisotopic (exact) mass is 365 g/mol. The molecule has 0 aliphatic rings. The fourth-order valence-corrected chi connectivity index (χ4v) is 2.72. The van der Waals surface area contributed by atoms with Gasteiger partial charge < -0.3 is 9.47 Å². The van der Waals surface area contributed by atoms with Gasteiger partial charge >= 0.3 is 5.97 Å². The quantitative estimate of drug-likeness (QED) is 0.799. The summed E-state index contributed by atoms with van der Waals surface area (Å²) in [6.45, 7) is 3.60. The van der Waals surface area contributed by atoms with Crippen LogP contribution >= 0.6 is 15.9 Å². The van der Waals surface area contributed by atoms with E-state index in [-0.39, 0.29) is 17.1 Å². The molecule has 0 heterocycles. The Balaban J connectivity index is 3.17. The lowest BCUT2D eigenvalue weighted by Gasteiger charge is -2.14. The van der Waals surface area contributed by atoms with Crippen LogP contribution in [-0.4, -0.2) is 34.2 Å². The number of benzene rings is 1. The number of rotatable bonds is 5. The number of methoxy groups -OCH3 is 1. The molecule has 0 amide bonds. The van der Waals surface area contributed by atoms with Gasteiger partial charge in [0.15, 0.2) is 0 Å². The molecule has 8 heteroatoms. The number of hydrogen-bond acceptors (Lipinski definition) is 5. The van der Waals surface area contributed by atoms with Crippen LogP contribution in [0.25, 0.3) is 0 Å². The summed E-state index contributed by atoms with van der Waals surface area (Å²) < 4.78 is 33.3. The standard InChI is InChI=1S/C12H16BrNO5S/c1-7(6-18-3)19-12(15)10-4-9(20(14,16)17)5-11(13)8(10)2/h4-5,7H,6H2,1-3H3,(H2,14,16,17). The topological polar surface area (TPSA) is 95.7 Å². The van der Waals surface area contributed by atoms with Crippen LogP contribution in [0, 0.1) is 6.92 Å². The minimum atomic E-state index is -3.90. The van der Waals surface area contributed by atoms with E-state index >= 15 is 0 Å². The number of ether oxygens (including phenoxy) is 2. The van der Waals surface area contributed by atoms with Crippen molar-refractivity contribution in [3.63, 3.8) is 0 Å². The third-order valence-corrected chi connectivity index (χ3v) is 4.29. The first-order valence-corrected chi connectivity index (χ1v) is 8.03. The Morgan fingerprint density at radius 2 is 2.05 bits per heavy atom. The average molecular weight is 366 g/mol. The van der Waals surface area contributed by atoms with Crippen molar-refractivity contribution in [3.05, 3.63) is 27.7 Å². The number of esters is 1. The molecule has 20 heavy (non-hydrogen) atoms. The summed E-state index contributed by atoms with van der Waals surface area (Å²) in [6.07, 6.45) is -0.441. The van der Waals surface area contributed by atoms with Crippen molar-refractivity contribution in [2.24, 2.45) is 5.14 Å². The molecule has 0 bridgehead atoms. The highest BCUT2D eigenvalue weighted by molar-refractivity contribution is 9.10. The Labute approximate surface area is 126 Å². The highest BCUT2D eigenvalue weighted by atomic mass is 79.9. The van der Waals surface area contributed by atoms with E-state index in [1.165, 1.54) is 19.2 Å². The highest BCUT2D eigenvalue weighted by Crippen LogP contribution is 2.25. The Bertz CT molecular complexity index is 615. The lowest BCUT2D eigenvalue weighted by atomic mass is 10.1. The number of carbonyl (C=O) groups is 1. The minimum Gasteiger partial charge on any atom is -0.457 e. The van der Waals surface area contributed by atoms with Crippen LogP contribution in [0.4, 0.5) is 0 Å². The molecule has 0 aliphatic carbocycles. The SMILES string of the molecule is COCC(C)OC(=O)c1cc(S(N)(=O)=O)cc(Br)c1C. The van der Waals surface area contributed by atoms with Crippen molar-refractivity contribution in [1.82, 2.24) is 0 Å². The molecule has 0 saturated carbocycles. The second kappa shape index (κ2) is 6.66. The fraction of sp³-hybridized carbons (Fsp3) is 0.417. The summed E-state index contributed by atoms with van der Waals surface area (Å²) in [5.41, 5.74) is 0.721. The summed E-state index contributed by atoms with van der Waals surface area (Å²) in [7, 11) is -2.41. The van der Waals surface area contributed by atoms with E-state index in [2.05, 4.69) is 15.9 Å². The van der Waals surface area contributed by atoms with Gasteiger partial charge in [0.1, 0.15) is 6.10 Å². The summed E-state index contributed by atoms with van der Waals surface area (Å²) in [6, 6.07) is 2.55. The van der Waals surface area contributed by atoms with E-state index in [1.54, 1.807) is 13.8 Å². The summed E-state index contributed by atoms with van der Waals surface area (Å²) in [5, 5.41) is 5.07. The average Bonchev–Trinajstić information content (AvgIpc) is 2.31.